The van der Waals surface area contributed by atoms with Gasteiger partial charge in [0.25, 0.3) is 0 Å². The number of hydrogen-bond donors (Lipinski definition) is 0. The lowest BCUT2D eigenvalue weighted by Gasteiger charge is -2.10. The van der Waals surface area contributed by atoms with Gasteiger partial charge in [-0.3, -0.25) is 4.79 Å². The molecule has 0 bridgehead atoms. The average Bonchev–Trinajstić information content (AvgIpc) is 2.51. The monoisotopic (exact) mass is 279 g/mol. The van der Waals surface area contributed by atoms with E-state index in [4.69, 9.17) is 12.2 Å². The van der Waals surface area contributed by atoms with Crippen molar-refractivity contribution in [1.29, 1.82) is 0 Å². The van der Waals surface area contributed by atoms with Gasteiger partial charge < -0.3 is 4.57 Å². The van der Waals surface area contributed by atoms with E-state index in [-0.39, 0.29) is 5.78 Å². The standard InChI is InChI=1S/C17H13NOS/c19-16(13-6-2-1-3-7-13)12-18-11-10-17(20)14-8-4-5-9-15(14)18/h1-11H,12H2. The number of fused-ring (bicyclic) bond motifs is 1. The van der Waals surface area contributed by atoms with Crippen LogP contribution in [-0.2, 0) is 6.54 Å². The molecule has 98 valence electrons. The lowest BCUT2D eigenvalue weighted by molar-refractivity contribution is 0.0973. The summed E-state index contributed by atoms with van der Waals surface area (Å²) in [5, 5.41) is 1.01. The highest BCUT2D eigenvalue weighted by molar-refractivity contribution is 7.71. The number of carbonyl (C=O) groups is 1. The minimum atomic E-state index is 0.0953. The number of ketones is 1. The van der Waals surface area contributed by atoms with E-state index in [0.29, 0.717) is 6.54 Å². The molecule has 2 aromatic carbocycles. The van der Waals surface area contributed by atoms with Crippen LogP contribution in [0.15, 0.2) is 66.9 Å². The van der Waals surface area contributed by atoms with Gasteiger partial charge in [-0.1, -0.05) is 60.7 Å². The van der Waals surface area contributed by atoms with E-state index < -0.39 is 0 Å². The summed E-state index contributed by atoms with van der Waals surface area (Å²) in [6.45, 7) is 0.320. The van der Waals surface area contributed by atoms with E-state index in [1.807, 2.05) is 71.4 Å². The molecule has 2 nitrogen and oxygen atoms in total. The van der Waals surface area contributed by atoms with E-state index in [2.05, 4.69) is 0 Å². The number of pyridine rings is 1. The van der Waals surface area contributed by atoms with Crippen LogP contribution < -0.4 is 0 Å². The third-order valence-electron chi connectivity index (χ3n) is 3.29. The van der Waals surface area contributed by atoms with Crippen molar-refractivity contribution in [2.24, 2.45) is 0 Å². The zero-order valence-electron chi connectivity index (χ0n) is 10.8. The van der Waals surface area contributed by atoms with Crippen molar-refractivity contribution in [1.82, 2.24) is 4.57 Å². The number of nitrogens with zero attached hydrogens (tertiary/aromatic N) is 1. The predicted molar refractivity (Wildman–Crippen MR) is 83.5 cm³/mol. The Balaban J connectivity index is 2.02. The fraction of sp³-hybridized carbons (Fsp3) is 0.0588. The number of hydrogen-bond acceptors (Lipinski definition) is 2. The van der Waals surface area contributed by atoms with E-state index in [1.165, 1.54) is 0 Å². The number of benzene rings is 2. The smallest absolute Gasteiger partial charge is 0.182 e. The Labute approximate surface area is 122 Å². The van der Waals surface area contributed by atoms with Crippen molar-refractivity contribution >= 4 is 28.9 Å². The first kappa shape index (κ1) is 12.8. The van der Waals surface area contributed by atoms with Crippen LogP contribution in [0, 0.1) is 4.51 Å². The van der Waals surface area contributed by atoms with E-state index in [0.717, 1.165) is 21.0 Å². The maximum absolute atomic E-state index is 12.3. The number of rotatable bonds is 3. The highest BCUT2D eigenvalue weighted by Crippen LogP contribution is 2.16. The average molecular weight is 279 g/mol. The number of Topliss-reactive ketones (excluding diaryl/α,β-unsaturated/α-hetero) is 1. The van der Waals surface area contributed by atoms with E-state index >= 15 is 0 Å². The summed E-state index contributed by atoms with van der Waals surface area (Å²) < 4.78 is 2.75. The summed E-state index contributed by atoms with van der Waals surface area (Å²) in [7, 11) is 0. The molecule has 0 amide bonds. The molecule has 0 unspecified atom stereocenters. The molecule has 0 aliphatic carbocycles. The summed E-state index contributed by atoms with van der Waals surface area (Å²) in [5.41, 5.74) is 1.72. The second kappa shape index (κ2) is 5.39. The lowest BCUT2D eigenvalue weighted by Crippen LogP contribution is -2.11. The number of carbonyl (C=O) groups excluding carboxylic acids is 1. The second-order valence-electron chi connectivity index (χ2n) is 4.61. The molecule has 0 saturated heterocycles. The highest BCUT2D eigenvalue weighted by atomic mass is 32.1. The van der Waals surface area contributed by atoms with Crippen LogP contribution in [0.2, 0.25) is 0 Å². The van der Waals surface area contributed by atoms with Crippen LogP contribution in [0.25, 0.3) is 10.9 Å². The molecular formula is C17H13NOS. The normalized spacial score (nSPS) is 10.6. The Morgan fingerprint density at radius 2 is 1.65 bits per heavy atom. The van der Waals surface area contributed by atoms with Crippen molar-refractivity contribution in [3.05, 3.63) is 76.9 Å². The largest absolute Gasteiger partial charge is 0.340 e. The molecule has 0 fully saturated rings. The molecule has 3 rings (SSSR count). The molecule has 1 heterocycles. The summed E-state index contributed by atoms with van der Waals surface area (Å²) >= 11 is 5.32. The van der Waals surface area contributed by atoms with Gasteiger partial charge in [0.2, 0.25) is 0 Å². The lowest BCUT2D eigenvalue weighted by atomic mass is 10.1. The van der Waals surface area contributed by atoms with Crippen molar-refractivity contribution in [2.75, 3.05) is 0 Å². The van der Waals surface area contributed by atoms with Crippen LogP contribution in [0.3, 0.4) is 0 Å². The molecule has 3 heteroatoms. The van der Waals surface area contributed by atoms with Crippen LogP contribution in [0.5, 0.6) is 0 Å². The minimum absolute atomic E-state index is 0.0953. The van der Waals surface area contributed by atoms with E-state index in [9.17, 15) is 4.79 Å². The summed E-state index contributed by atoms with van der Waals surface area (Å²) in [5.74, 6) is 0.0953. The Morgan fingerprint density at radius 3 is 2.45 bits per heavy atom. The molecule has 1 aromatic heterocycles. The van der Waals surface area contributed by atoms with Gasteiger partial charge in [-0.05, 0) is 12.1 Å². The van der Waals surface area contributed by atoms with Crippen molar-refractivity contribution < 1.29 is 4.79 Å². The number of aromatic nitrogens is 1. The molecule has 0 saturated carbocycles. The first-order chi connectivity index (χ1) is 9.75. The Kier molecular flexibility index (Phi) is 3.44. The maximum Gasteiger partial charge on any atom is 0.182 e. The quantitative estimate of drug-likeness (QED) is 0.528. The van der Waals surface area contributed by atoms with Gasteiger partial charge in [-0.15, -0.1) is 0 Å². The molecule has 0 atom stereocenters. The molecule has 20 heavy (non-hydrogen) atoms. The summed E-state index contributed by atoms with van der Waals surface area (Å²) in [6, 6.07) is 19.1. The third kappa shape index (κ3) is 2.40. The Hall–Kier alpha value is -2.26. The van der Waals surface area contributed by atoms with Gasteiger partial charge in [-0.25, -0.2) is 0 Å². The third-order valence-corrected chi connectivity index (χ3v) is 3.65. The van der Waals surface area contributed by atoms with Crippen LogP contribution in [0.4, 0.5) is 0 Å². The van der Waals surface area contributed by atoms with Gasteiger partial charge in [0, 0.05) is 27.2 Å². The molecule has 0 N–H and O–H groups in total. The van der Waals surface area contributed by atoms with Crippen molar-refractivity contribution in [3.8, 4) is 0 Å². The van der Waals surface area contributed by atoms with Gasteiger partial charge in [-0.2, -0.15) is 0 Å². The molecule has 0 spiro atoms. The van der Waals surface area contributed by atoms with Crippen LogP contribution in [-0.4, -0.2) is 10.4 Å². The first-order valence-electron chi connectivity index (χ1n) is 6.42. The van der Waals surface area contributed by atoms with Gasteiger partial charge in [0.05, 0.1) is 6.54 Å². The van der Waals surface area contributed by atoms with Crippen LogP contribution >= 0.6 is 12.2 Å². The Bertz CT molecular complexity index is 821. The SMILES string of the molecule is O=C(Cn1ccc(=S)c2ccccc21)c1ccccc1. The van der Waals surface area contributed by atoms with Gasteiger partial charge in [0.1, 0.15) is 0 Å². The number of para-hydroxylation sites is 1. The molecule has 3 aromatic rings. The van der Waals surface area contributed by atoms with Crippen LogP contribution in [0.1, 0.15) is 10.4 Å². The highest BCUT2D eigenvalue weighted by Gasteiger charge is 2.07. The summed E-state index contributed by atoms with van der Waals surface area (Å²) in [4.78, 5) is 12.3. The molecule has 0 radical (unpaired) electrons. The fourth-order valence-corrected chi connectivity index (χ4v) is 2.50. The predicted octanol–water partition coefficient (Wildman–Crippen LogP) is 4.25. The molecule has 0 aliphatic heterocycles. The second-order valence-corrected chi connectivity index (χ2v) is 5.05. The zero-order valence-corrected chi connectivity index (χ0v) is 11.6. The van der Waals surface area contributed by atoms with Gasteiger partial charge >= 0.3 is 0 Å². The van der Waals surface area contributed by atoms with E-state index in [1.54, 1.807) is 0 Å². The van der Waals surface area contributed by atoms with Gasteiger partial charge in [0.15, 0.2) is 5.78 Å². The fourth-order valence-electron chi connectivity index (χ4n) is 2.27. The first-order valence-corrected chi connectivity index (χ1v) is 6.83. The molecule has 0 aliphatic rings. The molecular weight excluding hydrogens is 266 g/mol. The Morgan fingerprint density at radius 1 is 0.950 bits per heavy atom. The van der Waals surface area contributed by atoms with Crippen molar-refractivity contribution in [2.45, 2.75) is 6.54 Å². The summed E-state index contributed by atoms with van der Waals surface area (Å²) in [6.07, 6.45) is 1.88. The minimum Gasteiger partial charge on any atom is -0.340 e. The maximum atomic E-state index is 12.3. The van der Waals surface area contributed by atoms with Crippen molar-refractivity contribution in [3.63, 3.8) is 0 Å². The topological polar surface area (TPSA) is 22.0 Å². The zero-order chi connectivity index (χ0) is 13.9.